The Balaban J connectivity index is 2.28. The van der Waals surface area contributed by atoms with Gasteiger partial charge in [-0.1, -0.05) is 0 Å². The highest BCUT2D eigenvalue weighted by Crippen LogP contribution is 1.92. The van der Waals surface area contributed by atoms with E-state index in [1.807, 2.05) is 0 Å². The first-order valence-electron chi connectivity index (χ1n) is 2.47. The molecule has 0 bridgehead atoms. The van der Waals surface area contributed by atoms with Gasteiger partial charge < -0.3 is 5.11 Å². The summed E-state index contributed by atoms with van der Waals surface area (Å²) in [5.74, 6) is 0.715. The molecule has 8 heavy (non-hydrogen) atoms. The van der Waals surface area contributed by atoms with Gasteiger partial charge in [-0.15, -0.1) is 0 Å². The summed E-state index contributed by atoms with van der Waals surface area (Å²) < 4.78 is 0. The highest BCUT2D eigenvalue weighted by atomic mass is 16.3. The first-order valence-corrected chi connectivity index (χ1v) is 2.47. The number of hydrogen-bond acceptors (Lipinski definition) is 2. The van der Waals surface area contributed by atoms with Crippen LogP contribution in [0.2, 0.25) is 0 Å². The summed E-state index contributed by atoms with van der Waals surface area (Å²) in [6.45, 7) is 0.129. The van der Waals surface area contributed by atoms with E-state index in [-0.39, 0.29) is 6.61 Å². The summed E-state index contributed by atoms with van der Waals surface area (Å²) in [4.78, 5) is 3.83. The van der Waals surface area contributed by atoms with E-state index in [1.54, 1.807) is 12.4 Å². The molecule has 0 aromatic carbocycles. The molecule has 0 fully saturated rings. The lowest BCUT2D eigenvalue weighted by molar-refractivity contribution is 0.306. The van der Waals surface area contributed by atoms with Gasteiger partial charge in [0.2, 0.25) is 0 Å². The van der Waals surface area contributed by atoms with Gasteiger partial charge in [0.1, 0.15) is 5.84 Å². The maximum Gasteiger partial charge on any atom is 0.130 e. The SMILES string of the molecule is OCCC1=NC=C[N]1. The van der Waals surface area contributed by atoms with E-state index in [1.165, 1.54) is 0 Å². The van der Waals surface area contributed by atoms with E-state index in [9.17, 15) is 0 Å². The summed E-state index contributed by atoms with van der Waals surface area (Å²) in [5.41, 5.74) is 0. The van der Waals surface area contributed by atoms with Crippen LogP contribution in [0.3, 0.4) is 0 Å². The lowest BCUT2D eigenvalue weighted by Gasteiger charge is -1.91. The molecule has 0 saturated heterocycles. The quantitative estimate of drug-likeness (QED) is 0.529. The van der Waals surface area contributed by atoms with Gasteiger partial charge in [0.25, 0.3) is 0 Å². The molecule has 0 saturated carbocycles. The van der Waals surface area contributed by atoms with E-state index >= 15 is 0 Å². The number of aliphatic hydroxyl groups is 1. The highest BCUT2D eigenvalue weighted by molar-refractivity contribution is 5.84. The van der Waals surface area contributed by atoms with Gasteiger partial charge in [-0.3, -0.25) is 0 Å². The average Bonchev–Trinajstić information content (AvgIpc) is 2.19. The van der Waals surface area contributed by atoms with Crippen LogP contribution in [0.4, 0.5) is 0 Å². The Morgan fingerprint density at radius 2 is 2.38 bits per heavy atom. The molecule has 3 nitrogen and oxygen atoms in total. The molecule has 1 aliphatic rings. The molecule has 3 heteroatoms. The number of aliphatic hydroxyl groups excluding tert-OH is 1. The molecule has 1 N–H and O–H groups in total. The molecule has 0 atom stereocenters. The monoisotopic (exact) mass is 111 g/mol. The normalized spacial score (nSPS) is 15.9. The molecule has 0 amide bonds. The van der Waals surface area contributed by atoms with E-state index in [4.69, 9.17) is 5.11 Å². The van der Waals surface area contributed by atoms with Crippen molar-refractivity contribution < 1.29 is 5.11 Å². The fraction of sp³-hybridized carbons (Fsp3) is 0.400. The number of aliphatic imine (C=N–C) groups is 1. The molecule has 1 heterocycles. The number of nitrogens with zero attached hydrogens (tertiary/aromatic N) is 2. The molecule has 1 rings (SSSR count). The zero-order chi connectivity index (χ0) is 5.82. The fourth-order valence-corrected chi connectivity index (χ4v) is 0.501. The summed E-state index contributed by atoms with van der Waals surface area (Å²) >= 11 is 0. The van der Waals surface area contributed by atoms with Crippen molar-refractivity contribution in [1.82, 2.24) is 5.32 Å². The molecule has 1 radical (unpaired) electrons. The summed E-state index contributed by atoms with van der Waals surface area (Å²) in [5, 5.41) is 12.2. The molecule has 0 aromatic rings. The summed E-state index contributed by atoms with van der Waals surface area (Å²) in [7, 11) is 0. The van der Waals surface area contributed by atoms with Gasteiger partial charge in [-0.05, 0) is 0 Å². The van der Waals surface area contributed by atoms with E-state index in [2.05, 4.69) is 10.3 Å². The minimum atomic E-state index is 0.129. The van der Waals surface area contributed by atoms with Crippen LogP contribution in [0.25, 0.3) is 0 Å². The van der Waals surface area contributed by atoms with Gasteiger partial charge in [0.15, 0.2) is 0 Å². The average molecular weight is 111 g/mol. The first-order chi connectivity index (χ1) is 3.93. The molecular weight excluding hydrogens is 104 g/mol. The van der Waals surface area contributed by atoms with Crippen LogP contribution < -0.4 is 5.32 Å². The van der Waals surface area contributed by atoms with Crippen LogP contribution in [0.15, 0.2) is 17.4 Å². The Bertz CT molecular complexity index is 128. The van der Waals surface area contributed by atoms with Crippen molar-refractivity contribution in [2.24, 2.45) is 4.99 Å². The maximum absolute atomic E-state index is 8.36. The number of amidine groups is 1. The smallest absolute Gasteiger partial charge is 0.130 e. The lowest BCUT2D eigenvalue weighted by Crippen LogP contribution is -2.07. The Kier molecular flexibility index (Phi) is 1.64. The van der Waals surface area contributed by atoms with Crippen molar-refractivity contribution in [3.63, 3.8) is 0 Å². The minimum Gasteiger partial charge on any atom is -0.396 e. The van der Waals surface area contributed by atoms with Gasteiger partial charge in [-0.25, -0.2) is 10.3 Å². The van der Waals surface area contributed by atoms with E-state index in [0.29, 0.717) is 12.3 Å². The van der Waals surface area contributed by atoms with Crippen molar-refractivity contribution in [2.45, 2.75) is 6.42 Å². The number of hydrogen-bond donors (Lipinski definition) is 1. The van der Waals surface area contributed by atoms with Crippen LogP contribution in [0.5, 0.6) is 0 Å². The van der Waals surface area contributed by atoms with Crippen molar-refractivity contribution >= 4 is 5.84 Å². The Labute approximate surface area is 47.7 Å². The third-order valence-electron chi connectivity index (χ3n) is 0.849. The van der Waals surface area contributed by atoms with E-state index < -0.39 is 0 Å². The molecule has 43 valence electrons. The summed E-state index contributed by atoms with van der Waals surface area (Å²) in [6.07, 6.45) is 3.79. The third-order valence-corrected chi connectivity index (χ3v) is 0.849. The minimum absolute atomic E-state index is 0.129. The largest absolute Gasteiger partial charge is 0.396 e. The summed E-state index contributed by atoms with van der Waals surface area (Å²) in [6, 6.07) is 0. The lowest BCUT2D eigenvalue weighted by atomic mass is 10.4. The van der Waals surface area contributed by atoms with Gasteiger partial charge >= 0.3 is 0 Å². The Morgan fingerprint density at radius 1 is 1.50 bits per heavy atom. The predicted octanol–water partition coefficient (Wildman–Crippen LogP) is -0.143. The second-order valence-corrected chi connectivity index (χ2v) is 1.45. The van der Waals surface area contributed by atoms with Crippen LogP contribution >= 0.6 is 0 Å². The van der Waals surface area contributed by atoms with Gasteiger partial charge in [0, 0.05) is 18.8 Å². The predicted molar refractivity (Wildman–Crippen MR) is 30.4 cm³/mol. The topological polar surface area (TPSA) is 46.7 Å². The maximum atomic E-state index is 8.36. The second kappa shape index (κ2) is 2.47. The van der Waals surface area contributed by atoms with Crippen LogP contribution in [0, 0.1) is 0 Å². The first kappa shape index (κ1) is 5.31. The fourth-order valence-electron chi connectivity index (χ4n) is 0.501. The zero-order valence-electron chi connectivity index (χ0n) is 4.41. The van der Waals surface area contributed by atoms with Crippen molar-refractivity contribution in [3.05, 3.63) is 12.4 Å². The van der Waals surface area contributed by atoms with Crippen LogP contribution in [-0.2, 0) is 0 Å². The zero-order valence-corrected chi connectivity index (χ0v) is 4.41. The van der Waals surface area contributed by atoms with Crippen molar-refractivity contribution in [3.8, 4) is 0 Å². The van der Waals surface area contributed by atoms with Crippen LogP contribution in [-0.4, -0.2) is 17.5 Å². The molecular formula is C5H7N2O. The molecule has 1 aliphatic heterocycles. The Morgan fingerprint density at radius 3 is 2.88 bits per heavy atom. The van der Waals surface area contributed by atoms with Gasteiger partial charge in [0.05, 0.1) is 6.61 Å². The third kappa shape index (κ3) is 1.07. The second-order valence-electron chi connectivity index (χ2n) is 1.45. The standard InChI is InChI=1S/C5H7N2O/c8-4-1-5-6-2-3-7-5/h2-3,8H,1,4H2. The van der Waals surface area contributed by atoms with Gasteiger partial charge in [-0.2, -0.15) is 0 Å². The van der Waals surface area contributed by atoms with Crippen molar-refractivity contribution in [2.75, 3.05) is 6.61 Å². The van der Waals surface area contributed by atoms with E-state index in [0.717, 1.165) is 0 Å². The molecule has 0 unspecified atom stereocenters. The van der Waals surface area contributed by atoms with Crippen molar-refractivity contribution in [1.29, 1.82) is 0 Å². The molecule has 0 spiro atoms. The molecule has 0 aliphatic carbocycles. The number of rotatable bonds is 2. The van der Waals surface area contributed by atoms with Crippen LogP contribution in [0.1, 0.15) is 6.42 Å². The Hall–Kier alpha value is -0.830. The molecule has 0 aromatic heterocycles. The highest BCUT2D eigenvalue weighted by Gasteiger charge is 1.98.